The van der Waals surface area contributed by atoms with Gasteiger partial charge in [-0.2, -0.15) is 15.0 Å². The summed E-state index contributed by atoms with van der Waals surface area (Å²) in [5.74, 6) is 1.02. The number of hydrogen-bond acceptors (Lipinski definition) is 6. The van der Waals surface area contributed by atoms with Crippen molar-refractivity contribution in [3.8, 4) is 0 Å². The van der Waals surface area contributed by atoms with E-state index < -0.39 is 0 Å². The number of carbonyl (C=O) groups is 1. The van der Waals surface area contributed by atoms with Gasteiger partial charge in [-0.15, -0.1) is 0 Å². The Hall–Kier alpha value is -1.63. The summed E-state index contributed by atoms with van der Waals surface area (Å²) in [6.07, 6.45) is 3.90. The molecule has 2 N–H and O–H groups in total. The first-order valence-electron chi connectivity index (χ1n) is 7.36. The number of carbonyl (C=O) groups excluding carboxylic acids is 1. The van der Waals surface area contributed by atoms with Crippen molar-refractivity contribution in [3.63, 3.8) is 0 Å². The first-order chi connectivity index (χ1) is 10.2. The highest BCUT2D eigenvalue weighted by Gasteiger charge is 2.15. The number of aromatic nitrogens is 3. The molecule has 0 aromatic carbocycles. The minimum atomic E-state index is 0.00130. The zero-order valence-electron chi connectivity index (χ0n) is 12.2. The van der Waals surface area contributed by atoms with Crippen LogP contribution in [0, 0.1) is 0 Å². The highest BCUT2D eigenvalue weighted by Crippen LogP contribution is 2.18. The lowest BCUT2D eigenvalue weighted by Crippen LogP contribution is -2.31. The Bertz CT molecular complexity index is 478. The van der Waals surface area contributed by atoms with E-state index >= 15 is 0 Å². The van der Waals surface area contributed by atoms with Gasteiger partial charge in [0.25, 0.3) is 0 Å². The highest BCUT2D eigenvalue weighted by molar-refractivity contribution is 6.28. The monoisotopic (exact) mass is 312 g/mol. The predicted octanol–water partition coefficient (Wildman–Crippen LogP) is 1.45. The maximum absolute atomic E-state index is 11.4. The van der Waals surface area contributed by atoms with Crippen molar-refractivity contribution in [2.75, 3.05) is 36.4 Å². The van der Waals surface area contributed by atoms with Crippen LogP contribution in [0.15, 0.2) is 0 Å². The van der Waals surface area contributed by atoms with E-state index in [0.717, 1.165) is 25.9 Å². The lowest BCUT2D eigenvalue weighted by Gasteiger charge is -2.26. The Morgan fingerprint density at radius 3 is 2.71 bits per heavy atom. The van der Waals surface area contributed by atoms with E-state index in [1.54, 1.807) is 0 Å². The van der Waals surface area contributed by atoms with E-state index in [1.165, 1.54) is 6.42 Å². The molecule has 0 unspecified atom stereocenters. The summed E-state index contributed by atoms with van der Waals surface area (Å²) in [6, 6.07) is 0. The summed E-state index contributed by atoms with van der Waals surface area (Å²) in [6.45, 7) is 4.88. The SMILES string of the molecule is CCNC(=O)CCNc1nc(Cl)nc(N2CCCCC2)n1. The molecule has 2 heterocycles. The molecule has 1 fully saturated rings. The number of anilines is 2. The molecule has 2 rings (SSSR count). The fraction of sp³-hybridized carbons (Fsp3) is 0.692. The molecule has 8 heteroatoms. The lowest BCUT2D eigenvalue weighted by molar-refractivity contribution is -0.120. The van der Waals surface area contributed by atoms with Gasteiger partial charge in [0.2, 0.25) is 23.1 Å². The summed E-state index contributed by atoms with van der Waals surface area (Å²) in [5, 5.41) is 5.93. The van der Waals surface area contributed by atoms with Crippen molar-refractivity contribution in [1.29, 1.82) is 0 Å². The van der Waals surface area contributed by atoms with Gasteiger partial charge in [-0.05, 0) is 37.8 Å². The first kappa shape index (κ1) is 15.8. The van der Waals surface area contributed by atoms with E-state index in [-0.39, 0.29) is 11.2 Å². The van der Waals surface area contributed by atoms with Crippen LogP contribution in [0.3, 0.4) is 0 Å². The lowest BCUT2D eigenvalue weighted by atomic mass is 10.1. The van der Waals surface area contributed by atoms with Crippen LogP contribution in [0.5, 0.6) is 0 Å². The predicted molar refractivity (Wildman–Crippen MR) is 82.7 cm³/mol. The number of nitrogens with one attached hydrogen (secondary N) is 2. The van der Waals surface area contributed by atoms with Crippen LogP contribution in [0.1, 0.15) is 32.6 Å². The quantitative estimate of drug-likeness (QED) is 0.827. The Labute approximate surface area is 129 Å². The van der Waals surface area contributed by atoms with Crippen LogP contribution >= 0.6 is 11.6 Å². The van der Waals surface area contributed by atoms with Gasteiger partial charge in [-0.25, -0.2) is 0 Å². The minimum absolute atomic E-state index is 0.00130. The molecule has 1 saturated heterocycles. The summed E-state index contributed by atoms with van der Waals surface area (Å²) in [7, 11) is 0. The number of nitrogens with zero attached hydrogens (tertiary/aromatic N) is 4. The third-order valence-corrected chi connectivity index (χ3v) is 3.41. The summed E-state index contributed by atoms with van der Waals surface area (Å²) >= 11 is 5.95. The topological polar surface area (TPSA) is 83.0 Å². The Morgan fingerprint density at radius 2 is 2.00 bits per heavy atom. The maximum Gasteiger partial charge on any atom is 0.231 e. The molecule has 1 aromatic rings. The van der Waals surface area contributed by atoms with Crippen LogP contribution in [0.25, 0.3) is 0 Å². The first-order valence-corrected chi connectivity index (χ1v) is 7.74. The molecule has 0 aliphatic carbocycles. The second-order valence-corrected chi connectivity index (χ2v) is 5.24. The Morgan fingerprint density at radius 1 is 1.24 bits per heavy atom. The van der Waals surface area contributed by atoms with Crippen LogP contribution in [-0.2, 0) is 4.79 Å². The van der Waals surface area contributed by atoms with Crippen molar-refractivity contribution in [3.05, 3.63) is 5.28 Å². The third-order valence-electron chi connectivity index (χ3n) is 3.24. The van der Waals surface area contributed by atoms with E-state index in [2.05, 4.69) is 30.5 Å². The van der Waals surface area contributed by atoms with Crippen molar-refractivity contribution in [2.45, 2.75) is 32.6 Å². The second-order valence-electron chi connectivity index (χ2n) is 4.91. The molecule has 21 heavy (non-hydrogen) atoms. The molecule has 7 nitrogen and oxygen atoms in total. The average Bonchev–Trinajstić information content (AvgIpc) is 2.48. The normalized spacial score (nSPS) is 14.9. The molecule has 0 radical (unpaired) electrons. The van der Waals surface area contributed by atoms with Crippen LogP contribution in [0.4, 0.5) is 11.9 Å². The van der Waals surface area contributed by atoms with Crippen LogP contribution in [-0.4, -0.2) is 47.0 Å². The number of hydrogen-bond donors (Lipinski definition) is 2. The summed E-state index contributed by atoms with van der Waals surface area (Å²) in [4.78, 5) is 26.1. The standard InChI is InChI=1S/C13H21ClN6O/c1-2-15-10(21)6-7-16-12-17-11(14)18-13(19-12)20-8-4-3-5-9-20/h2-9H2,1H3,(H,15,21)(H,16,17,18,19). The van der Waals surface area contributed by atoms with Crippen molar-refractivity contribution in [2.24, 2.45) is 0 Å². The van der Waals surface area contributed by atoms with E-state index in [1.807, 2.05) is 6.92 Å². The van der Waals surface area contributed by atoms with Crippen LogP contribution in [0.2, 0.25) is 5.28 Å². The Balaban J connectivity index is 1.93. The van der Waals surface area contributed by atoms with Crippen molar-refractivity contribution >= 4 is 29.4 Å². The molecule has 0 spiro atoms. The molecule has 1 amide bonds. The molecular formula is C13H21ClN6O. The molecule has 1 aliphatic rings. The van der Waals surface area contributed by atoms with Gasteiger partial charge >= 0.3 is 0 Å². The third kappa shape index (κ3) is 5.00. The highest BCUT2D eigenvalue weighted by atomic mass is 35.5. The van der Waals surface area contributed by atoms with Gasteiger partial charge in [0.05, 0.1) is 0 Å². The molecule has 1 aromatic heterocycles. The molecule has 1 aliphatic heterocycles. The number of amides is 1. The zero-order chi connectivity index (χ0) is 15.1. The van der Waals surface area contributed by atoms with E-state index in [0.29, 0.717) is 31.4 Å². The molecular weight excluding hydrogens is 292 g/mol. The fourth-order valence-corrected chi connectivity index (χ4v) is 2.38. The number of halogens is 1. The molecule has 0 bridgehead atoms. The van der Waals surface area contributed by atoms with Gasteiger partial charge in [0.1, 0.15) is 0 Å². The molecule has 0 atom stereocenters. The smallest absolute Gasteiger partial charge is 0.231 e. The Kier molecular flexibility index (Phi) is 5.98. The largest absolute Gasteiger partial charge is 0.356 e. The minimum Gasteiger partial charge on any atom is -0.356 e. The van der Waals surface area contributed by atoms with Crippen LogP contribution < -0.4 is 15.5 Å². The van der Waals surface area contributed by atoms with Gasteiger partial charge in [-0.3, -0.25) is 4.79 Å². The average molecular weight is 313 g/mol. The number of piperidine rings is 1. The maximum atomic E-state index is 11.4. The van der Waals surface area contributed by atoms with Crippen molar-refractivity contribution in [1.82, 2.24) is 20.3 Å². The molecule has 116 valence electrons. The number of rotatable bonds is 6. The van der Waals surface area contributed by atoms with Gasteiger partial charge in [0, 0.05) is 32.6 Å². The van der Waals surface area contributed by atoms with Gasteiger partial charge in [0.15, 0.2) is 0 Å². The summed E-state index contributed by atoms with van der Waals surface area (Å²) in [5.41, 5.74) is 0. The van der Waals surface area contributed by atoms with Crippen molar-refractivity contribution < 1.29 is 4.79 Å². The zero-order valence-corrected chi connectivity index (χ0v) is 13.0. The van der Waals surface area contributed by atoms with Gasteiger partial charge < -0.3 is 15.5 Å². The molecule has 0 saturated carbocycles. The van der Waals surface area contributed by atoms with Gasteiger partial charge in [-0.1, -0.05) is 0 Å². The van der Waals surface area contributed by atoms with E-state index in [4.69, 9.17) is 11.6 Å². The fourth-order valence-electron chi connectivity index (χ4n) is 2.23. The van der Waals surface area contributed by atoms with E-state index in [9.17, 15) is 4.79 Å². The summed E-state index contributed by atoms with van der Waals surface area (Å²) < 4.78 is 0. The second kappa shape index (κ2) is 7.97.